The summed E-state index contributed by atoms with van der Waals surface area (Å²) in [6, 6.07) is 25.8. The molecule has 0 atom stereocenters. The van der Waals surface area contributed by atoms with Crippen LogP contribution >= 0.6 is 0 Å². The third kappa shape index (κ3) is 2.21. The lowest BCUT2D eigenvalue weighted by molar-refractivity contribution is 0.979. The first-order valence-electron chi connectivity index (χ1n) is 7.44. The van der Waals surface area contributed by atoms with Crippen LogP contribution in [0.4, 0.5) is 11.4 Å². The predicted molar refractivity (Wildman–Crippen MR) is 89.0 cm³/mol. The number of hydrogen-bond donors (Lipinski definition) is 1. The average Bonchev–Trinajstić information content (AvgIpc) is 2.74. The van der Waals surface area contributed by atoms with Gasteiger partial charge in [-0.05, 0) is 47.2 Å². The lowest BCUT2D eigenvalue weighted by atomic mass is 9.95. The van der Waals surface area contributed by atoms with Gasteiger partial charge < -0.3 is 5.32 Å². The van der Waals surface area contributed by atoms with Crippen LogP contribution in [0.25, 0.3) is 11.1 Å². The molecule has 0 amide bonds. The van der Waals surface area contributed by atoms with Gasteiger partial charge in [0.25, 0.3) is 0 Å². The van der Waals surface area contributed by atoms with E-state index < -0.39 is 0 Å². The number of rotatable bonds is 1. The number of hydrogen-bond acceptors (Lipinski definition) is 1. The number of para-hydroxylation sites is 1. The van der Waals surface area contributed by atoms with E-state index in [0.29, 0.717) is 0 Å². The summed E-state index contributed by atoms with van der Waals surface area (Å²) in [7, 11) is 0. The van der Waals surface area contributed by atoms with Crippen LogP contribution in [0.15, 0.2) is 72.8 Å². The zero-order chi connectivity index (χ0) is 14.1. The molecule has 4 rings (SSSR count). The van der Waals surface area contributed by atoms with Crippen molar-refractivity contribution in [2.75, 3.05) is 5.32 Å². The fraction of sp³-hybridized carbons (Fsp3) is 0.100. The maximum absolute atomic E-state index is 3.61. The second kappa shape index (κ2) is 5.10. The molecular formula is C20H17N. The van der Waals surface area contributed by atoms with Crippen LogP contribution < -0.4 is 5.32 Å². The smallest absolute Gasteiger partial charge is 0.0423 e. The molecule has 0 unspecified atom stereocenters. The maximum Gasteiger partial charge on any atom is 0.0423 e. The van der Waals surface area contributed by atoms with Gasteiger partial charge in [0.1, 0.15) is 0 Å². The van der Waals surface area contributed by atoms with Gasteiger partial charge in [0.05, 0.1) is 0 Å². The molecule has 21 heavy (non-hydrogen) atoms. The van der Waals surface area contributed by atoms with Gasteiger partial charge in [-0.25, -0.2) is 0 Å². The number of anilines is 2. The lowest BCUT2D eigenvalue weighted by Crippen LogP contribution is -1.95. The minimum Gasteiger partial charge on any atom is -0.355 e. The molecule has 1 N–H and O–H groups in total. The first-order valence-corrected chi connectivity index (χ1v) is 7.44. The van der Waals surface area contributed by atoms with Crippen LogP contribution in [0.3, 0.4) is 0 Å². The van der Waals surface area contributed by atoms with Crippen LogP contribution in [-0.4, -0.2) is 0 Å². The van der Waals surface area contributed by atoms with Gasteiger partial charge >= 0.3 is 0 Å². The Morgan fingerprint density at radius 3 is 2.29 bits per heavy atom. The Bertz CT molecular complexity index is 775. The Labute approximate surface area is 125 Å². The molecule has 1 aliphatic rings. The molecule has 0 aliphatic carbocycles. The Morgan fingerprint density at radius 1 is 0.619 bits per heavy atom. The highest BCUT2D eigenvalue weighted by atomic mass is 14.9. The topological polar surface area (TPSA) is 12.0 Å². The number of aryl methyl sites for hydroxylation is 1. The van der Waals surface area contributed by atoms with E-state index in [1.165, 1.54) is 33.6 Å². The van der Waals surface area contributed by atoms with E-state index in [1.807, 2.05) is 0 Å². The van der Waals surface area contributed by atoms with E-state index in [4.69, 9.17) is 0 Å². The van der Waals surface area contributed by atoms with Crippen molar-refractivity contribution in [3.05, 3.63) is 83.9 Å². The molecule has 0 saturated heterocycles. The van der Waals surface area contributed by atoms with Gasteiger partial charge in [-0.3, -0.25) is 0 Å². The van der Waals surface area contributed by atoms with E-state index in [1.54, 1.807) is 0 Å². The minimum absolute atomic E-state index is 1.07. The molecule has 0 saturated carbocycles. The van der Waals surface area contributed by atoms with Gasteiger partial charge in [0.2, 0.25) is 0 Å². The zero-order valence-electron chi connectivity index (χ0n) is 11.8. The van der Waals surface area contributed by atoms with Crippen LogP contribution in [0.5, 0.6) is 0 Å². The summed E-state index contributed by atoms with van der Waals surface area (Å²) < 4.78 is 0. The van der Waals surface area contributed by atoms with Crippen LogP contribution in [0, 0.1) is 0 Å². The van der Waals surface area contributed by atoms with Gasteiger partial charge in [-0.15, -0.1) is 0 Å². The standard InChI is InChI=1S/C20H17N/c1-2-7-15(8-3-1)17-10-6-12-20-18(17)14-13-16-9-4-5-11-19(16)21-20/h1-12,21H,13-14H2. The Hall–Kier alpha value is -2.54. The van der Waals surface area contributed by atoms with Crippen molar-refractivity contribution >= 4 is 11.4 Å². The predicted octanol–water partition coefficient (Wildman–Crippen LogP) is 5.20. The quantitative estimate of drug-likeness (QED) is 0.641. The van der Waals surface area contributed by atoms with E-state index in [2.05, 4.69) is 78.1 Å². The Kier molecular flexibility index (Phi) is 2.97. The summed E-state index contributed by atoms with van der Waals surface area (Å²) in [5, 5.41) is 3.61. The number of benzene rings is 3. The Balaban J connectivity index is 1.84. The molecule has 1 aliphatic heterocycles. The third-order valence-electron chi connectivity index (χ3n) is 4.19. The fourth-order valence-corrected chi connectivity index (χ4v) is 3.13. The summed E-state index contributed by atoms with van der Waals surface area (Å²) in [4.78, 5) is 0. The average molecular weight is 271 g/mol. The molecule has 1 heterocycles. The second-order valence-electron chi connectivity index (χ2n) is 5.48. The molecule has 1 nitrogen and oxygen atoms in total. The number of fused-ring (bicyclic) bond motifs is 2. The van der Waals surface area contributed by atoms with Crippen molar-refractivity contribution < 1.29 is 0 Å². The normalized spacial score (nSPS) is 12.8. The molecule has 0 fully saturated rings. The van der Waals surface area contributed by atoms with Crippen molar-refractivity contribution in [3.8, 4) is 11.1 Å². The first-order chi connectivity index (χ1) is 10.4. The fourth-order valence-electron chi connectivity index (χ4n) is 3.13. The highest BCUT2D eigenvalue weighted by molar-refractivity contribution is 5.78. The van der Waals surface area contributed by atoms with E-state index in [9.17, 15) is 0 Å². The summed E-state index contributed by atoms with van der Waals surface area (Å²) in [5.41, 5.74) is 7.92. The summed E-state index contributed by atoms with van der Waals surface area (Å²) in [6.07, 6.45) is 2.16. The molecule has 0 aromatic heterocycles. The van der Waals surface area contributed by atoms with Crippen LogP contribution in [0.1, 0.15) is 11.1 Å². The molecule has 0 spiro atoms. The SMILES string of the molecule is c1ccc(-c2cccc3c2CCc2ccccc2N3)cc1. The zero-order valence-corrected chi connectivity index (χ0v) is 11.8. The van der Waals surface area contributed by atoms with Crippen molar-refractivity contribution in [1.29, 1.82) is 0 Å². The highest BCUT2D eigenvalue weighted by Crippen LogP contribution is 2.35. The van der Waals surface area contributed by atoms with Crippen molar-refractivity contribution in [2.24, 2.45) is 0 Å². The van der Waals surface area contributed by atoms with Crippen LogP contribution in [-0.2, 0) is 12.8 Å². The minimum atomic E-state index is 1.07. The van der Waals surface area contributed by atoms with Gasteiger partial charge in [0, 0.05) is 11.4 Å². The highest BCUT2D eigenvalue weighted by Gasteiger charge is 2.15. The molecule has 0 radical (unpaired) electrons. The van der Waals surface area contributed by atoms with Crippen molar-refractivity contribution in [1.82, 2.24) is 0 Å². The summed E-state index contributed by atoms with van der Waals surface area (Å²) in [5.74, 6) is 0. The van der Waals surface area contributed by atoms with Crippen molar-refractivity contribution in [2.45, 2.75) is 12.8 Å². The first kappa shape index (κ1) is 12.2. The van der Waals surface area contributed by atoms with E-state index in [-0.39, 0.29) is 0 Å². The number of nitrogens with one attached hydrogen (secondary N) is 1. The summed E-state index contributed by atoms with van der Waals surface area (Å²) in [6.45, 7) is 0. The summed E-state index contributed by atoms with van der Waals surface area (Å²) >= 11 is 0. The van der Waals surface area contributed by atoms with Gasteiger partial charge in [0.15, 0.2) is 0 Å². The van der Waals surface area contributed by atoms with E-state index in [0.717, 1.165) is 12.8 Å². The van der Waals surface area contributed by atoms with E-state index >= 15 is 0 Å². The van der Waals surface area contributed by atoms with Gasteiger partial charge in [-0.2, -0.15) is 0 Å². The molecule has 3 aromatic carbocycles. The largest absolute Gasteiger partial charge is 0.355 e. The Morgan fingerprint density at radius 2 is 1.38 bits per heavy atom. The lowest BCUT2D eigenvalue weighted by Gasteiger charge is -2.13. The molecule has 102 valence electrons. The third-order valence-corrected chi connectivity index (χ3v) is 4.19. The molecular weight excluding hydrogens is 254 g/mol. The second-order valence-corrected chi connectivity index (χ2v) is 5.48. The van der Waals surface area contributed by atoms with Gasteiger partial charge in [-0.1, -0.05) is 60.7 Å². The van der Waals surface area contributed by atoms with Crippen LogP contribution in [0.2, 0.25) is 0 Å². The van der Waals surface area contributed by atoms with Crippen molar-refractivity contribution in [3.63, 3.8) is 0 Å². The maximum atomic E-state index is 3.61. The molecule has 1 heteroatoms. The molecule has 0 bridgehead atoms. The molecule has 3 aromatic rings. The monoisotopic (exact) mass is 271 g/mol.